The minimum absolute atomic E-state index is 0.0971. The number of hydrogen-bond donors (Lipinski definition) is 0. The number of amides is 1. The molecule has 1 fully saturated rings. The third-order valence-electron chi connectivity index (χ3n) is 5.03. The summed E-state index contributed by atoms with van der Waals surface area (Å²) in [6.45, 7) is 4.24. The summed E-state index contributed by atoms with van der Waals surface area (Å²) < 4.78 is 10.9. The van der Waals surface area contributed by atoms with Gasteiger partial charge in [-0.05, 0) is 51.2 Å². The van der Waals surface area contributed by atoms with Crippen molar-refractivity contribution in [3.05, 3.63) is 29.8 Å². The van der Waals surface area contributed by atoms with Crippen molar-refractivity contribution in [3.63, 3.8) is 0 Å². The predicted molar refractivity (Wildman–Crippen MR) is 89.7 cm³/mol. The zero-order valence-electron chi connectivity index (χ0n) is 14.4. The van der Waals surface area contributed by atoms with E-state index in [0.717, 1.165) is 30.6 Å². The van der Waals surface area contributed by atoms with Gasteiger partial charge in [-0.15, -0.1) is 0 Å². The van der Waals surface area contributed by atoms with Gasteiger partial charge in [-0.25, -0.2) is 0 Å². The van der Waals surface area contributed by atoms with E-state index in [-0.39, 0.29) is 36.5 Å². The number of para-hydroxylation sites is 1. The number of carbonyl (C=O) groups excluding carboxylic acids is 2. The first-order valence-corrected chi connectivity index (χ1v) is 8.74. The zero-order valence-corrected chi connectivity index (χ0v) is 14.4. The maximum atomic E-state index is 12.4. The zero-order chi connectivity index (χ0) is 17.1. The first-order chi connectivity index (χ1) is 11.6. The lowest BCUT2D eigenvalue weighted by Gasteiger charge is -2.39. The molecular formula is C19H25NO4. The normalized spacial score (nSPS) is 26.2. The van der Waals surface area contributed by atoms with Gasteiger partial charge < -0.3 is 14.4 Å². The van der Waals surface area contributed by atoms with Gasteiger partial charge in [-0.3, -0.25) is 9.59 Å². The van der Waals surface area contributed by atoms with Crippen LogP contribution in [0.25, 0.3) is 0 Å². The Balaban J connectivity index is 1.53. The molecule has 3 atom stereocenters. The molecule has 0 radical (unpaired) electrons. The summed E-state index contributed by atoms with van der Waals surface area (Å²) in [4.78, 5) is 26.6. The lowest BCUT2D eigenvalue weighted by molar-refractivity contribution is -0.158. The van der Waals surface area contributed by atoms with E-state index < -0.39 is 0 Å². The van der Waals surface area contributed by atoms with Crippen molar-refractivity contribution in [2.24, 2.45) is 5.92 Å². The lowest BCUT2D eigenvalue weighted by Crippen LogP contribution is -2.49. The molecule has 1 amide bonds. The van der Waals surface area contributed by atoms with Gasteiger partial charge in [-0.2, -0.15) is 0 Å². The molecule has 0 bridgehead atoms. The molecule has 0 aliphatic carbocycles. The number of carbonyl (C=O) groups is 2. The fraction of sp³-hybridized carbons (Fsp3) is 0.579. The van der Waals surface area contributed by atoms with Gasteiger partial charge in [0.15, 0.2) is 6.61 Å². The highest BCUT2D eigenvalue weighted by Gasteiger charge is 2.31. The number of rotatable bonds is 3. The molecule has 0 saturated carbocycles. The van der Waals surface area contributed by atoms with E-state index in [1.54, 1.807) is 0 Å². The van der Waals surface area contributed by atoms with Gasteiger partial charge in [0, 0.05) is 12.1 Å². The molecule has 2 heterocycles. The van der Waals surface area contributed by atoms with Crippen LogP contribution in [0.15, 0.2) is 24.3 Å². The van der Waals surface area contributed by atoms with Crippen LogP contribution < -0.4 is 4.74 Å². The highest BCUT2D eigenvalue weighted by Crippen LogP contribution is 2.27. The Morgan fingerprint density at radius 2 is 1.92 bits per heavy atom. The van der Waals surface area contributed by atoms with Crippen LogP contribution in [0.2, 0.25) is 0 Å². The lowest BCUT2D eigenvalue weighted by atomic mass is 9.97. The van der Waals surface area contributed by atoms with Crippen LogP contribution in [0.3, 0.4) is 0 Å². The molecule has 130 valence electrons. The van der Waals surface area contributed by atoms with E-state index >= 15 is 0 Å². The van der Waals surface area contributed by atoms with Crippen molar-refractivity contribution in [1.29, 1.82) is 0 Å². The highest BCUT2D eigenvalue weighted by atomic mass is 16.5. The Labute approximate surface area is 142 Å². The monoisotopic (exact) mass is 331 g/mol. The van der Waals surface area contributed by atoms with Crippen molar-refractivity contribution < 1.29 is 19.1 Å². The number of likely N-dealkylation sites (tertiary alicyclic amines) is 1. The average molecular weight is 331 g/mol. The molecule has 0 spiro atoms. The minimum Gasteiger partial charge on any atom is -0.492 e. The second kappa shape index (κ2) is 7.24. The van der Waals surface area contributed by atoms with Crippen molar-refractivity contribution >= 4 is 11.9 Å². The van der Waals surface area contributed by atoms with Gasteiger partial charge in [0.2, 0.25) is 0 Å². The molecule has 2 aliphatic heterocycles. The van der Waals surface area contributed by atoms with Crippen LogP contribution in [-0.4, -0.2) is 42.1 Å². The first kappa shape index (κ1) is 16.8. The second-order valence-corrected chi connectivity index (χ2v) is 6.86. The van der Waals surface area contributed by atoms with Gasteiger partial charge >= 0.3 is 5.97 Å². The molecule has 2 aliphatic rings. The Kier molecular flexibility index (Phi) is 5.07. The number of nitrogens with zero attached hydrogens (tertiary/aromatic N) is 1. The summed E-state index contributed by atoms with van der Waals surface area (Å²) in [5.74, 6) is 0.0350. The number of piperidine rings is 1. The number of hydrogen-bond acceptors (Lipinski definition) is 4. The van der Waals surface area contributed by atoms with E-state index in [0.29, 0.717) is 13.0 Å². The molecule has 24 heavy (non-hydrogen) atoms. The Morgan fingerprint density at radius 1 is 1.21 bits per heavy atom. The Morgan fingerprint density at radius 3 is 2.67 bits per heavy atom. The van der Waals surface area contributed by atoms with Crippen LogP contribution in [-0.2, 0) is 20.7 Å². The number of ether oxygens (including phenoxy) is 2. The van der Waals surface area contributed by atoms with Crippen molar-refractivity contribution in [2.75, 3.05) is 13.2 Å². The molecule has 0 aromatic heterocycles. The average Bonchev–Trinajstić information content (AvgIpc) is 2.59. The third-order valence-corrected chi connectivity index (χ3v) is 5.03. The fourth-order valence-electron chi connectivity index (χ4n) is 3.72. The molecule has 5 heteroatoms. The van der Waals surface area contributed by atoms with E-state index in [4.69, 9.17) is 9.47 Å². The van der Waals surface area contributed by atoms with Crippen molar-refractivity contribution in [3.8, 4) is 5.75 Å². The number of fused-ring (bicyclic) bond motifs is 1. The Hall–Kier alpha value is -2.04. The SMILES string of the molecule is CC1CCCC(C)N1C(=O)COC(=O)C1COc2ccccc2C1. The highest BCUT2D eigenvalue weighted by molar-refractivity contribution is 5.82. The van der Waals surface area contributed by atoms with E-state index in [1.807, 2.05) is 29.2 Å². The van der Waals surface area contributed by atoms with Crippen molar-refractivity contribution in [1.82, 2.24) is 4.90 Å². The molecule has 1 aromatic carbocycles. The Bertz CT molecular complexity index is 605. The first-order valence-electron chi connectivity index (χ1n) is 8.74. The van der Waals surface area contributed by atoms with Crippen LogP contribution >= 0.6 is 0 Å². The fourth-order valence-corrected chi connectivity index (χ4v) is 3.72. The molecule has 5 nitrogen and oxygen atoms in total. The van der Waals surface area contributed by atoms with E-state index in [2.05, 4.69) is 13.8 Å². The van der Waals surface area contributed by atoms with Crippen LogP contribution in [0, 0.1) is 5.92 Å². The largest absolute Gasteiger partial charge is 0.492 e. The van der Waals surface area contributed by atoms with Gasteiger partial charge in [-0.1, -0.05) is 18.2 Å². The quantitative estimate of drug-likeness (QED) is 0.799. The maximum absolute atomic E-state index is 12.4. The van der Waals surface area contributed by atoms with Gasteiger partial charge in [0.05, 0.1) is 5.92 Å². The van der Waals surface area contributed by atoms with Gasteiger partial charge in [0.1, 0.15) is 12.4 Å². The topological polar surface area (TPSA) is 55.8 Å². The molecular weight excluding hydrogens is 306 g/mol. The summed E-state index contributed by atoms with van der Waals surface area (Å²) in [6.07, 6.45) is 3.76. The number of esters is 1. The summed E-state index contributed by atoms with van der Waals surface area (Å²) in [5, 5.41) is 0. The maximum Gasteiger partial charge on any atom is 0.313 e. The predicted octanol–water partition coefficient (Wildman–Crippen LogP) is 2.57. The molecule has 1 aromatic rings. The second-order valence-electron chi connectivity index (χ2n) is 6.86. The molecule has 1 saturated heterocycles. The van der Waals surface area contributed by atoms with Crippen LogP contribution in [0.5, 0.6) is 5.75 Å². The van der Waals surface area contributed by atoms with Crippen molar-refractivity contribution in [2.45, 2.75) is 51.6 Å². The van der Waals surface area contributed by atoms with E-state index in [9.17, 15) is 9.59 Å². The van der Waals surface area contributed by atoms with E-state index in [1.165, 1.54) is 0 Å². The number of benzene rings is 1. The molecule has 3 rings (SSSR count). The summed E-state index contributed by atoms with van der Waals surface area (Å²) in [5.41, 5.74) is 1.01. The minimum atomic E-state index is -0.352. The standard InChI is InChI=1S/C19H25NO4/c1-13-6-5-7-14(2)20(13)18(21)12-24-19(22)16-10-15-8-3-4-9-17(15)23-11-16/h3-4,8-9,13-14,16H,5-7,10-12H2,1-2H3. The summed E-state index contributed by atoms with van der Waals surface area (Å²) in [7, 11) is 0. The van der Waals surface area contributed by atoms with Gasteiger partial charge in [0.25, 0.3) is 5.91 Å². The van der Waals surface area contributed by atoms with Crippen LogP contribution in [0.1, 0.15) is 38.7 Å². The summed E-state index contributed by atoms with van der Waals surface area (Å²) >= 11 is 0. The smallest absolute Gasteiger partial charge is 0.313 e. The molecule has 3 unspecified atom stereocenters. The van der Waals surface area contributed by atoms with Crippen LogP contribution in [0.4, 0.5) is 0 Å². The summed E-state index contributed by atoms with van der Waals surface area (Å²) in [6, 6.07) is 8.13. The molecule has 0 N–H and O–H groups in total. The third kappa shape index (κ3) is 3.55.